The van der Waals surface area contributed by atoms with E-state index in [0.29, 0.717) is 66.4 Å². The molecular formula is C108H105Cl2F5N16O7S4. The van der Waals surface area contributed by atoms with Crippen molar-refractivity contribution in [2.24, 2.45) is 0 Å². The first kappa shape index (κ1) is 109. The molecule has 33 N–H and O–H groups in total. The smallest absolute Gasteiger partial charge is 0.425 e. The molecule has 17 rings (SSSR count). The van der Waals surface area contributed by atoms with Crippen molar-refractivity contribution in [1.82, 2.24) is 0 Å². The predicted molar refractivity (Wildman–Crippen MR) is 581 cm³/mol. The maximum absolute atomic E-state index is 13.5. The lowest BCUT2D eigenvalue weighted by Gasteiger charge is -2.17. The van der Waals surface area contributed by atoms with Crippen molar-refractivity contribution in [3.8, 4) is 78.3 Å². The molecule has 23 nitrogen and oxygen atoms in total. The van der Waals surface area contributed by atoms with E-state index in [-0.39, 0.29) is 33.0 Å². The second-order valence-corrected chi connectivity index (χ2v) is 36.7. The van der Waals surface area contributed by atoms with Gasteiger partial charge in [0.15, 0.2) is 0 Å². The topological polar surface area (TPSA) is 531 Å². The van der Waals surface area contributed by atoms with Crippen molar-refractivity contribution in [2.45, 2.75) is 65.3 Å². The number of aryl methyl sites for hydroxylation is 5. The summed E-state index contributed by atoms with van der Waals surface area (Å²) in [4.78, 5) is 4.59. The Hall–Kier alpha value is -16.2. The van der Waals surface area contributed by atoms with Gasteiger partial charge in [0.1, 0.15) is 28.0 Å². The van der Waals surface area contributed by atoms with E-state index in [9.17, 15) is 34.9 Å². The average molecular weight is 2030 g/mol. The van der Waals surface area contributed by atoms with Gasteiger partial charge in [-0.1, -0.05) is 113 Å². The summed E-state index contributed by atoms with van der Waals surface area (Å²) in [7, 11) is -7.44. The number of hydrogen-bond donors (Lipinski definition) is 17. The average Bonchev–Trinajstić information content (AvgIpc) is 0.791. The first-order valence-electron chi connectivity index (χ1n) is 42.7. The van der Waals surface area contributed by atoms with E-state index in [1.54, 1.807) is 134 Å². The van der Waals surface area contributed by atoms with Crippen LogP contribution < -0.4 is 96.5 Å². The molecule has 17 aromatic carbocycles. The van der Waals surface area contributed by atoms with Crippen molar-refractivity contribution >= 4 is 158 Å². The molecule has 0 saturated heterocycles. The second kappa shape index (κ2) is 50.9. The molecule has 34 heteroatoms. The van der Waals surface area contributed by atoms with Crippen LogP contribution in [-0.4, -0.2) is 25.6 Å². The third-order valence-corrected chi connectivity index (χ3v) is 24.1. The molecule has 0 radical (unpaired) electrons. The van der Waals surface area contributed by atoms with Crippen LogP contribution in [0.2, 0.25) is 10.0 Å². The Kier molecular flexibility index (Phi) is 39.3. The molecular weight excluding hydrogens is 1930 g/mol. The zero-order valence-corrected chi connectivity index (χ0v) is 82.1. The lowest BCUT2D eigenvalue weighted by atomic mass is 9.89. The van der Waals surface area contributed by atoms with E-state index in [2.05, 4.69) is 52.0 Å². The summed E-state index contributed by atoms with van der Waals surface area (Å²) >= 11 is 15.7. The van der Waals surface area contributed by atoms with E-state index >= 15 is 0 Å². The molecule has 142 heavy (non-hydrogen) atoms. The van der Waals surface area contributed by atoms with Crippen LogP contribution >= 0.6 is 46.7 Å². The van der Waals surface area contributed by atoms with Gasteiger partial charge < -0.3 is 96.5 Å². The number of rotatable bonds is 13. The highest BCUT2D eigenvalue weighted by atomic mass is 35.5. The van der Waals surface area contributed by atoms with Crippen molar-refractivity contribution in [1.29, 1.82) is 0 Å². The van der Waals surface area contributed by atoms with Crippen LogP contribution in [0.4, 0.5) is 113 Å². The lowest BCUT2D eigenvalue weighted by Crippen LogP contribution is -2.08. The Morgan fingerprint density at radius 3 is 0.803 bits per heavy atom. The summed E-state index contributed by atoms with van der Waals surface area (Å²) < 4.78 is 129. The minimum absolute atomic E-state index is 0.0872. The molecule has 17 aromatic rings. The van der Waals surface area contributed by atoms with E-state index in [0.717, 1.165) is 97.5 Å². The van der Waals surface area contributed by atoms with Gasteiger partial charge in [-0.2, -0.15) is 21.6 Å². The fourth-order valence-electron chi connectivity index (χ4n) is 13.9. The van der Waals surface area contributed by atoms with Crippen LogP contribution in [0.15, 0.2) is 370 Å². The number of halogens is 7. The van der Waals surface area contributed by atoms with Gasteiger partial charge in [0.05, 0.1) is 15.6 Å². The highest BCUT2D eigenvalue weighted by Gasteiger charge is 2.34. The molecule has 0 amide bonds. The van der Waals surface area contributed by atoms with E-state index in [4.69, 9.17) is 132 Å². The third-order valence-electron chi connectivity index (χ3n) is 20.5. The van der Waals surface area contributed by atoms with Gasteiger partial charge in [-0.25, -0.2) is 8.78 Å². The fourth-order valence-corrected chi connectivity index (χ4v) is 16.9. The summed E-state index contributed by atoms with van der Waals surface area (Å²) in [5, 5.41) is 1.15. The van der Waals surface area contributed by atoms with Crippen molar-refractivity contribution < 1.29 is 52.3 Å². The number of ether oxygens (including phenoxy) is 1. The molecule has 0 unspecified atom stereocenters. The summed E-state index contributed by atoms with van der Waals surface area (Å²) in [5.41, 5.74) is 113. The number of hydrogen-bond acceptors (Lipinski definition) is 24. The van der Waals surface area contributed by atoms with Gasteiger partial charge >= 0.3 is 16.8 Å². The number of nitrogens with two attached hydrogens (primary N) is 16. The molecule has 0 spiro atoms. The molecule has 0 aromatic heterocycles. The summed E-state index contributed by atoms with van der Waals surface area (Å²) in [6, 6.07) is 101. The molecule has 0 heterocycles. The zero-order chi connectivity index (χ0) is 104. The van der Waals surface area contributed by atoms with Gasteiger partial charge in [0.25, 0.3) is 10.1 Å². The monoisotopic (exact) mass is 2030 g/mol. The Labute approximate surface area is 840 Å². The summed E-state index contributed by atoms with van der Waals surface area (Å²) in [6.07, 6.45) is -4.45. The maximum Gasteiger partial charge on any atom is 0.425 e. The standard InChI is InChI=1S/C18H16N2S2.C16H20N2.C14H13F3N2.C12H10Cl2N2.C12H10F2N2.C12H12N2O3S.C12H12N2O.C12H12N2.O3S/c19-13-1-5-15(6-2-13)21-17-9-11-18(12-10-17)22-16-7-3-14(20)4-8-16;1-9-5-13(17)6-10(2)15(9)16-11(3)7-14(18)8-12(16)4;1-8-6-9(18)2-4-11(8)12-5-3-10(19)7-13(12)14(15,16)17;2*13-11-5-7(15)1-3-9(11)10-4-2-8(16)6-12(10)14;13-9-3-1-8(2-4-9)11-6-5-10(14)7-12(11)18(15,16)17;13-9-1-5-11(6-2-9)15-12-7-3-10(14)4-8-12;13-11-5-1-9(2-6-11)10-3-7-12(14)8-4-10;1-4(2)3/h1-12H,19-20H2;5-8H,17-18H2,1-4H3;2-7H,18-19H2,1H3;2*1-6H,15-16H2;1-7H,13-14H2,(H,15,16,17);1-8H,13-14H2;1-8H,13-14H2;. The minimum atomic E-state index is -4.45. The molecule has 0 fully saturated rings. The lowest BCUT2D eigenvalue weighted by molar-refractivity contribution is -0.137. The van der Waals surface area contributed by atoms with Gasteiger partial charge in [-0.15, -0.1) is 12.6 Å². The highest BCUT2D eigenvalue weighted by molar-refractivity contribution is 7.99. The fraction of sp³-hybridized carbons (Fsp3) is 0.0556. The molecule has 0 atom stereocenters. The normalized spacial score (nSPS) is 10.5. The Bertz CT molecular complexity index is 6980. The molecule has 0 aliphatic heterocycles. The number of benzene rings is 17. The van der Waals surface area contributed by atoms with E-state index in [1.807, 2.05) is 158 Å². The van der Waals surface area contributed by atoms with Crippen molar-refractivity contribution in [3.63, 3.8) is 0 Å². The van der Waals surface area contributed by atoms with E-state index in [1.165, 1.54) is 95.4 Å². The van der Waals surface area contributed by atoms with Crippen LogP contribution in [0.5, 0.6) is 11.5 Å². The van der Waals surface area contributed by atoms with Crippen LogP contribution in [0.25, 0.3) is 66.8 Å². The maximum atomic E-state index is 13.5. The van der Waals surface area contributed by atoms with Crippen molar-refractivity contribution in [3.05, 3.63) is 401 Å². The Balaban J connectivity index is 0.000000181. The minimum Gasteiger partial charge on any atom is -0.457 e. The number of alkyl halides is 3. The van der Waals surface area contributed by atoms with Crippen molar-refractivity contribution in [2.75, 3.05) is 91.7 Å². The van der Waals surface area contributed by atoms with Crippen LogP contribution in [0, 0.1) is 46.3 Å². The Morgan fingerprint density at radius 1 is 0.275 bits per heavy atom. The van der Waals surface area contributed by atoms with Gasteiger partial charge in [-0.3, -0.25) is 4.55 Å². The number of anilines is 16. The predicted octanol–water partition coefficient (Wildman–Crippen LogP) is 25.3. The molecule has 0 saturated carbocycles. The number of nitrogen functional groups attached to an aromatic ring is 16. The summed E-state index contributed by atoms with van der Waals surface area (Å²) in [6.45, 7) is 10.1. The molecule has 0 aliphatic carbocycles. The molecule has 732 valence electrons. The van der Waals surface area contributed by atoms with E-state index < -0.39 is 44.1 Å². The first-order valence-corrected chi connectivity index (χ1v) is 47.5. The van der Waals surface area contributed by atoms with Gasteiger partial charge in [0.2, 0.25) is 0 Å². The first-order chi connectivity index (χ1) is 67.1. The zero-order valence-electron chi connectivity index (χ0n) is 77.3. The van der Waals surface area contributed by atoms with Gasteiger partial charge in [-0.05, 0) is 380 Å². The quantitative estimate of drug-likeness (QED) is 0.0290. The Morgan fingerprint density at radius 2 is 0.507 bits per heavy atom. The second-order valence-electron chi connectivity index (χ2n) is 31.7. The largest absolute Gasteiger partial charge is 0.457 e. The summed E-state index contributed by atoms with van der Waals surface area (Å²) in [5.74, 6) is 0.412. The van der Waals surface area contributed by atoms with Crippen LogP contribution in [0.1, 0.15) is 33.4 Å². The molecule has 0 aliphatic rings. The third kappa shape index (κ3) is 33.9. The highest BCUT2D eigenvalue weighted by Crippen LogP contribution is 2.43. The van der Waals surface area contributed by atoms with Crippen LogP contribution in [0.3, 0.4) is 0 Å². The van der Waals surface area contributed by atoms with Crippen LogP contribution in [-0.2, 0) is 26.9 Å². The van der Waals surface area contributed by atoms with Gasteiger partial charge in [0, 0.05) is 138 Å². The molecule has 0 bridgehead atoms. The SMILES string of the molecule is Cc1cc(N)cc(C)c1-c1c(C)cc(N)cc1C.Cc1cc(N)ccc1-c1ccc(N)cc1C(F)(F)F.Nc1ccc(-c2ccc(N)cc2)cc1.Nc1ccc(-c2ccc(N)cc2Cl)c(Cl)c1.Nc1ccc(-c2ccc(N)cc2F)c(F)c1.Nc1ccc(-c2ccc(N)cc2S(=O)(=O)O)cc1.Nc1ccc(Oc2ccc(N)cc2)cc1.Nc1ccc(Sc2ccc(Sc3ccc(N)cc3)cc2)cc1.O=S(=O)=O.